The first-order valence-electron chi connectivity index (χ1n) is 5.13. The Labute approximate surface area is 104 Å². The number of carbonyl (C=O) groups excluding carboxylic acids is 1. The van der Waals surface area contributed by atoms with E-state index >= 15 is 0 Å². The number of urea groups is 1. The van der Waals surface area contributed by atoms with E-state index in [1.165, 1.54) is 0 Å². The normalized spacial score (nSPS) is 12.0. The zero-order valence-electron chi connectivity index (χ0n) is 9.40. The highest BCUT2D eigenvalue weighted by molar-refractivity contribution is 6.31. The van der Waals surface area contributed by atoms with Crippen molar-refractivity contribution in [2.24, 2.45) is 0 Å². The average Bonchev–Trinajstić information content (AvgIpc) is 2.32. The molecule has 1 rings (SSSR count). The van der Waals surface area contributed by atoms with Gasteiger partial charge in [0.05, 0.1) is 12.7 Å². The zero-order valence-corrected chi connectivity index (χ0v) is 10.2. The number of carbonyl (C=O) groups is 1. The third-order valence-corrected chi connectivity index (χ3v) is 2.63. The van der Waals surface area contributed by atoms with Crippen molar-refractivity contribution in [1.29, 1.82) is 0 Å². The monoisotopic (exact) mass is 258 g/mol. The first-order valence-corrected chi connectivity index (χ1v) is 5.51. The van der Waals surface area contributed by atoms with Crippen molar-refractivity contribution in [2.45, 2.75) is 13.0 Å². The Morgan fingerprint density at radius 3 is 2.88 bits per heavy atom. The highest BCUT2D eigenvalue weighted by Crippen LogP contribution is 2.22. The molecule has 4 N–H and O–H groups in total. The fourth-order valence-electron chi connectivity index (χ4n) is 1.18. The van der Waals surface area contributed by atoms with Gasteiger partial charge in [-0.15, -0.1) is 0 Å². The van der Waals surface area contributed by atoms with Gasteiger partial charge in [-0.05, 0) is 24.6 Å². The molecule has 0 fully saturated rings. The molecule has 1 aromatic carbocycles. The van der Waals surface area contributed by atoms with Crippen LogP contribution in [-0.4, -0.2) is 35.5 Å². The van der Waals surface area contributed by atoms with Gasteiger partial charge in [0.15, 0.2) is 0 Å². The number of anilines is 1. The number of amides is 2. The molecule has 17 heavy (non-hydrogen) atoms. The van der Waals surface area contributed by atoms with E-state index in [1.807, 2.05) is 0 Å². The molecule has 2 amide bonds. The van der Waals surface area contributed by atoms with Crippen molar-refractivity contribution in [2.75, 3.05) is 18.5 Å². The van der Waals surface area contributed by atoms with Crippen LogP contribution in [0.5, 0.6) is 0 Å². The number of halogens is 1. The summed E-state index contributed by atoms with van der Waals surface area (Å²) in [6.45, 7) is 1.39. The van der Waals surface area contributed by atoms with Gasteiger partial charge in [-0.1, -0.05) is 17.7 Å². The predicted octanol–water partition coefficient (Wildman–Crippen LogP) is 1.12. The van der Waals surface area contributed by atoms with Crippen molar-refractivity contribution in [1.82, 2.24) is 5.32 Å². The number of nitrogens with one attached hydrogen (secondary N) is 2. The van der Waals surface area contributed by atoms with Gasteiger partial charge in [0.1, 0.15) is 0 Å². The predicted molar refractivity (Wildman–Crippen MR) is 66.3 cm³/mol. The highest BCUT2D eigenvalue weighted by Gasteiger charge is 2.08. The first kappa shape index (κ1) is 13.8. The van der Waals surface area contributed by atoms with Crippen LogP contribution in [0.3, 0.4) is 0 Å². The zero-order chi connectivity index (χ0) is 12.8. The van der Waals surface area contributed by atoms with Gasteiger partial charge < -0.3 is 20.8 Å². The molecule has 0 spiro atoms. The molecule has 1 atom stereocenters. The Bertz CT molecular complexity index is 398. The molecule has 94 valence electrons. The summed E-state index contributed by atoms with van der Waals surface area (Å²) >= 11 is 5.90. The van der Waals surface area contributed by atoms with Crippen molar-refractivity contribution >= 4 is 23.3 Å². The molecule has 1 aromatic rings. The molecular formula is C11H15ClN2O3. The quantitative estimate of drug-likeness (QED) is 0.653. The van der Waals surface area contributed by atoms with E-state index in [9.17, 15) is 4.79 Å². The van der Waals surface area contributed by atoms with E-state index in [4.69, 9.17) is 21.8 Å². The average molecular weight is 259 g/mol. The fourth-order valence-corrected chi connectivity index (χ4v) is 1.36. The summed E-state index contributed by atoms with van der Waals surface area (Å²) in [6, 6.07) is 4.73. The van der Waals surface area contributed by atoms with Gasteiger partial charge >= 0.3 is 6.03 Å². The Hall–Kier alpha value is -1.30. The molecule has 0 aliphatic carbocycles. The van der Waals surface area contributed by atoms with Crippen LogP contribution < -0.4 is 10.6 Å². The van der Waals surface area contributed by atoms with Gasteiger partial charge in [-0.2, -0.15) is 0 Å². The molecule has 1 unspecified atom stereocenters. The molecule has 6 heteroatoms. The molecule has 0 heterocycles. The highest BCUT2D eigenvalue weighted by atomic mass is 35.5. The number of aliphatic hydroxyl groups excluding tert-OH is 2. The van der Waals surface area contributed by atoms with E-state index in [1.54, 1.807) is 25.1 Å². The summed E-state index contributed by atoms with van der Waals surface area (Å²) in [4.78, 5) is 11.4. The smallest absolute Gasteiger partial charge is 0.319 e. The maximum absolute atomic E-state index is 11.4. The van der Waals surface area contributed by atoms with E-state index in [2.05, 4.69) is 10.6 Å². The lowest BCUT2D eigenvalue weighted by Gasteiger charge is -2.12. The third-order valence-electron chi connectivity index (χ3n) is 2.22. The lowest BCUT2D eigenvalue weighted by Crippen LogP contribution is -2.36. The van der Waals surface area contributed by atoms with Crippen molar-refractivity contribution in [3.05, 3.63) is 28.8 Å². The summed E-state index contributed by atoms with van der Waals surface area (Å²) in [7, 11) is 0. The van der Waals surface area contributed by atoms with Crippen molar-refractivity contribution in [3.63, 3.8) is 0 Å². The fraction of sp³-hybridized carbons (Fsp3) is 0.364. The van der Waals surface area contributed by atoms with E-state index in [0.29, 0.717) is 10.7 Å². The minimum absolute atomic E-state index is 0.0120. The van der Waals surface area contributed by atoms with Crippen LogP contribution in [0.25, 0.3) is 0 Å². The summed E-state index contributed by atoms with van der Waals surface area (Å²) in [5, 5.41) is 23.2. The second-order valence-corrected chi connectivity index (χ2v) is 3.99. The number of aliphatic hydroxyl groups is 2. The lowest BCUT2D eigenvalue weighted by molar-refractivity contribution is 0.0965. The molecule has 0 aromatic heterocycles. The minimum Gasteiger partial charge on any atom is -0.394 e. The summed E-state index contributed by atoms with van der Waals surface area (Å²) in [5.74, 6) is 0. The molecule has 0 aliphatic heterocycles. The van der Waals surface area contributed by atoms with Gasteiger partial charge in [-0.3, -0.25) is 0 Å². The first-order chi connectivity index (χ1) is 8.04. The Morgan fingerprint density at radius 1 is 1.53 bits per heavy atom. The Morgan fingerprint density at radius 2 is 2.24 bits per heavy atom. The van der Waals surface area contributed by atoms with Crippen molar-refractivity contribution < 1.29 is 15.0 Å². The number of hydrogen-bond donors (Lipinski definition) is 4. The molecule has 5 nitrogen and oxygen atoms in total. The molecule has 0 aliphatic rings. The van der Waals surface area contributed by atoms with Crippen LogP contribution in [0.1, 0.15) is 5.56 Å². The van der Waals surface area contributed by atoms with Crippen LogP contribution in [0.4, 0.5) is 10.5 Å². The Kier molecular flexibility index (Phi) is 5.21. The molecule has 0 saturated carbocycles. The van der Waals surface area contributed by atoms with Crippen LogP contribution in [0.2, 0.25) is 5.02 Å². The van der Waals surface area contributed by atoms with Crippen LogP contribution in [0, 0.1) is 6.92 Å². The van der Waals surface area contributed by atoms with Gasteiger partial charge in [0, 0.05) is 17.3 Å². The van der Waals surface area contributed by atoms with Gasteiger partial charge in [0.25, 0.3) is 0 Å². The number of hydrogen-bond acceptors (Lipinski definition) is 3. The van der Waals surface area contributed by atoms with Crippen LogP contribution in [0.15, 0.2) is 18.2 Å². The summed E-state index contributed by atoms with van der Waals surface area (Å²) < 4.78 is 0. The van der Waals surface area contributed by atoms with Crippen molar-refractivity contribution in [3.8, 4) is 0 Å². The van der Waals surface area contributed by atoms with E-state index in [-0.39, 0.29) is 6.54 Å². The molecule has 0 saturated heterocycles. The number of rotatable bonds is 4. The van der Waals surface area contributed by atoms with E-state index < -0.39 is 18.7 Å². The molecule has 0 radical (unpaired) electrons. The summed E-state index contributed by atoms with van der Waals surface area (Å²) in [6.07, 6.45) is -0.957. The lowest BCUT2D eigenvalue weighted by atomic mass is 10.2. The van der Waals surface area contributed by atoms with Gasteiger partial charge in [-0.25, -0.2) is 4.79 Å². The Balaban J connectivity index is 2.54. The largest absolute Gasteiger partial charge is 0.394 e. The maximum Gasteiger partial charge on any atom is 0.319 e. The molecular weight excluding hydrogens is 244 g/mol. The molecule has 0 bridgehead atoms. The third kappa shape index (κ3) is 4.22. The SMILES string of the molecule is Cc1c(Cl)cccc1NC(=O)NCC(O)CO. The number of benzene rings is 1. The van der Waals surface area contributed by atoms with Gasteiger partial charge in [0.2, 0.25) is 0 Å². The maximum atomic E-state index is 11.4. The summed E-state index contributed by atoms with van der Waals surface area (Å²) in [5.41, 5.74) is 1.38. The topological polar surface area (TPSA) is 81.6 Å². The van der Waals surface area contributed by atoms with Crippen LogP contribution >= 0.6 is 11.6 Å². The minimum atomic E-state index is -0.957. The van der Waals surface area contributed by atoms with Crippen LogP contribution in [-0.2, 0) is 0 Å². The second kappa shape index (κ2) is 6.44. The second-order valence-electron chi connectivity index (χ2n) is 3.58. The van der Waals surface area contributed by atoms with E-state index in [0.717, 1.165) is 5.56 Å². The standard InChI is InChI=1S/C11H15ClN2O3/c1-7-9(12)3-2-4-10(7)14-11(17)13-5-8(16)6-15/h2-4,8,15-16H,5-6H2,1H3,(H2,13,14,17).